The molecule has 3 unspecified atom stereocenters. The van der Waals surface area contributed by atoms with E-state index in [2.05, 4.69) is 0 Å². The highest BCUT2D eigenvalue weighted by atomic mass is 16.8. The van der Waals surface area contributed by atoms with Crippen molar-refractivity contribution in [3.8, 4) is 0 Å². The van der Waals surface area contributed by atoms with E-state index >= 15 is 0 Å². The van der Waals surface area contributed by atoms with Crippen LogP contribution in [0.5, 0.6) is 0 Å². The molecule has 2 bridgehead atoms. The average molecular weight is 356 g/mol. The lowest BCUT2D eigenvalue weighted by molar-refractivity contribution is -0.242. The highest BCUT2D eigenvalue weighted by Gasteiger charge is 2.52. The molecule has 5 atom stereocenters. The predicted octanol–water partition coefficient (Wildman–Crippen LogP) is 1.91. The summed E-state index contributed by atoms with van der Waals surface area (Å²) in [5.74, 6) is -0.506. The van der Waals surface area contributed by atoms with Crippen LogP contribution in [0.15, 0.2) is 60.7 Å². The second-order valence-corrected chi connectivity index (χ2v) is 6.36. The third kappa shape index (κ3) is 3.50. The third-order valence-corrected chi connectivity index (χ3v) is 4.58. The molecular formula is C20H20O6. The molecule has 2 aliphatic rings. The quantitative estimate of drug-likeness (QED) is 0.825. The molecule has 1 N–H and O–H groups in total. The van der Waals surface area contributed by atoms with Crippen molar-refractivity contribution in [2.24, 2.45) is 0 Å². The van der Waals surface area contributed by atoms with Crippen LogP contribution in [-0.4, -0.2) is 48.4 Å². The van der Waals surface area contributed by atoms with Crippen LogP contribution in [0.2, 0.25) is 0 Å². The maximum atomic E-state index is 12.4. The number of benzene rings is 2. The number of hydrogen-bond donors (Lipinski definition) is 1. The number of carbonyl (C=O) groups excluding carboxylic acids is 1. The van der Waals surface area contributed by atoms with E-state index in [0.717, 1.165) is 5.56 Å². The molecule has 0 spiro atoms. The van der Waals surface area contributed by atoms with Crippen LogP contribution in [0.3, 0.4) is 0 Å². The Bertz CT molecular complexity index is 734. The van der Waals surface area contributed by atoms with E-state index in [4.69, 9.17) is 18.9 Å². The Kier molecular flexibility index (Phi) is 4.99. The van der Waals surface area contributed by atoms with Gasteiger partial charge in [-0.2, -0.15) is 0 Å². The van der Waals surface area contributed by atoms with Gasteiger partial charge in [0.2, 0.25) is 0 Å². The Morgan fingerprint density at radius 3 is 2.46 bits per heavy atom. The first-order chi connectivity index (χ1) is 12.7. The maximum absolute atomic E-state index is 12.4. The van der Waals surface area contributed by atoms with Crippen LogP contribution < -0.4 is 0 Å². The number of ether oxygens (including phenoxy) is 4. The number of fused-ring (bicyclic) bond motifs is 2. The number of aliphatic hydroxyl groups excluding tert-OH is 1. The Morgan fingerprint density at radius 1 is 1.04 bits per heavy atom. The highest BCUT2D eigenvalue weighted by molar-refractivity contribution is 5.89. The predicted molar refractivity (Wildman–Crippen MR) is 91.3 cm³/mol. The monoisotopic (exact) mass is 356 g/mol. The van der Waals surface area contributed by atoms with Gasteiger partial charge < -0.3 is 24.1 Å². The van der Waals surface area contributed by atoms with Crippen molar-refractivity contribution in [1.29, 1.82) is 0 Å². The summed E-state index contributed by atoms with van der Waals surface area (Å²) in [6, 6.07) is 18.3. The van der Waals surface area contributed by atoms with E-state index in [-0.39, 0.29) is 6.61 Å². The smallest absolute Gasteiger partial charge is 0.338 e. The van der Waals surface area contributed by atoms with E-state index in [9.17, 15) is 9.90 Å². The minimum atomic E-state index is -0.939. The van der Waals surface area contributed by atoms with Gasteiger partial charge >= 0.3 is 5.97 Å². The van der Waals surface area contributed by atoms with Gasteiger partial charge in [0, 0.05) is 0 Å². The molecule has 4 rings (SSSR count). The van der Waals surface area contributed by atoms with Crippen LogP contribution in [-0.2, 0) is 25.6 Å². The lowest BCUT2D eigenvalue weighted by Crippen LogP contribution is -2.56. The SMILES string of the molecule is O=C(OC1[C@@H]2OCC(O2)C(O)[C@@H]1OCc1ccccc1)c1ccccc1. The molecule has 26 heavy (non-hydrogen) atoms. The van der Waals surface area contributed by atoms with E-state index in [1.54, 1.807) is 24.3 Å². The molecule has 2 aromatic rings. The molecule has 6 nitrogen and oxygen atoms in total. The minimum absolute atomic E-state index is 0.246. The second-order valence-electron chi connectivity index (χ2n) is 6.36. The zero-order chi connectivity index (χ0) is 17.9. The summed E-state index contributed by atoms with van der Waals surface area (Å²) >= 11 is 0. The minimum Gasteiger partial charge on any atom is -0.450 e. The molecule has 2 heterocycles. The van der Waals surface area contributed by atoms with E-state index in [1.165, 1.54) is 0 Å². The fourth-order valence-corrected chi connectivity index (χ4v) is 3.20. The average Bonchev–Trinajstić information content (AvgIpc) is 3.14. The molecule has 2 aliphatic heterocycles. The van der Waals surface area contributed by atoms with Gasteiger partial charge in [-0.1, -0.05) is 48.5 Å². The highest BCUT2D eigenvalue weighted by Crippen LogP contribution is 2.32. The summed E-state index contributed by atoms with van der Waals surface area (Å²) in [5.41, 5.74) is 1.39. The summed E-state index contributed by atoms with van der Waals surface area (Å²) in [7, 11) is 0. The first-order valence-electron chi connectivity index (χ1n) is 8.59. The Morgan fingerprint density at radius 2 is 1.73 bits per heavy atom. The lowest BCUT2D eigenvalue weighted by atomic mass is 10.0. The number of carbonyl (C=O) groups is 1. The fraction of sp³-hybridized carbons (Fsp3) is 0.350. The summed E-state index contributed by atoms with van der Waals surface area (Å²) < 4.78 is 22.7. The van der Waals surface area contributed by atoms with Gasteiger partial charge in [0.05, 0.1) is 18.8 Å². The third-order valence-electron chi connectivity index (χ3n) is 4.58. The van der Waals surface area contributed by atoms with Crippen molar-refractivity contribution in [2.45, 2.75) is 37.3 Å². The van der Waals surface area contributed by atoms with Gasteiger partial charge in [-0.05, 0) is 17.7 Å². The molecule has 2 fully saturated rings. The van der Waals surface area contributed by atoms with Crippen molar-refractivity contribution < 1.29 is 28.8 Å². The largest absolute Gasteiger partial charge is 0.450 e. The first-order valence-corrected chi connectivity index (χ1v) is 8.59. The van der Waals surface area contributed by atoms with Gasteiger partial charge in [0.1, 0.15) is 18.3 Å². The second kappa shape index (κ2) is 7.55. The van der Waals surface area contributed by atoms with Crippen molar-refractivity contribution in [3.05, 3.63) is 71.8 Å². The number of aliphatic hydroxyl groups is 1. The summed E-state index contributed by atoms with van der Waals surface area (Å²) in [6.07, 6.45) is -3.73. The van der Waals surface area contributed by atoms with Gasteiger partial charge in [0.15, 0.2) is 12.4 Å². The molecule has 0 aromatic heterocycles. The number of rotatable bonds is 5. The topological polar surface area (TPSA) is 74.2 Å². The Labute approximate surface area is 151 Å². The number of esters is 1. The first kappa shape index (κ1) is 17.2. The summed E-state index contributed by atoms with van der Waals surface area (Å²) in [6.45, 7) is 0.539. The summed E-state index contributed by atoms with van der Waals surface area (Å²) in [4.78, 5) is 12.4. The molecule has 136 valence electrons. The van der Waals surface area contributed by atoms with E-state index in [0.29, 0.717) is 12.2 Å². The molecule has 0 amide bonds. The van der Waals surface area contributed by atoms with Gasteiger partial charge in [-0.15, -0.1) is 0 Å². The normalized spacial score (nSPS) is 30.1. The van der Waals surface area contributed by atoms with Gasteiger partial charge in [0.25, 0.3) is 0 Å². The molecule has 2 aromatic carbocycles. The van der Waals surface area contributed by atoms with Crippen molar-refractivity contribution in [3.63, 3.8) is 0 Å². The Balaban J connectivity index is 1.50. The lowest BCUT2D eigenvalue weighted by Gasteiger charge is -2.37. The number of hydrogen-bond acceptors (Lipinski definition) is 6. The fourth-order valence-electron chi connectivity index (χ4n) is 3.20. The Hall–Kier alpha value is -2.25. The van der Waals surface area contributed by atoms with Gasteiger partial charge in [-0.25, -0.2) is 4.79 Å². The molecular weight excluding hydrogens is 336 g/mol. The zero-order valence-electron chi connectivity index (χ0n) is 14.1. The van der Waals surface area contributed by atoms with Crippen LogP contribution in [0.4, 0.5) is 0 Å². The maximum Gasteiger partial charge on any atom is 0.338 e. The standard InChI is InChI=1S/C20H20O6/c21-16-15-12-24-20(25-15)18(26-19(22)14-9-5-2-6-10-14)17(16)23-11-13-7-3-1-4-8-13/h1-10,15-18,20-21H,11-12H2/t15?,16?,17-,18?,20+/m0/s1. The van der Waals surface area contributed by atoms with Crippen molar-refractivity contribution in [1.82, 2.24) is 0 Å². The van der Waals surface area contributed by atoms with Gasteiger partial charge in [-0.3, -0.25) is 0 Å². The zero-order valence-corrected chi connectivity index (χ0v) is 14.1. The van der Waals surface area contributed by atoms with E-state index < -0.39 is 36.7 Å². The van der Waals surface area contributed by atoms with Crippen LogP contribution >= 0.6 is 0 Å². The van der Waals surface area contributed by atoms with Crippen molar-refractivity contribution in [2.75, 3.05) is 6.61 Å². The molecule has 0 saturated carbocycles. The summed E-state index contributed by atoms with van der Waals surface area (Å²) in [5, 5.41) is 10.6. The van der Waals surface area contributed by atoms with Crippen LogP contribution in [0.1, 0.15) is 15.9 Å². The molecule has 0 aliphatic carbocycles. The molecule has 2 saturated heterocycles. The molecule has 6 heteroatoms. The van der Waals surface area contributed by atoms with Crippen LogP contribution in [0, 0.1) is 0 Å². The molecule has 0 radical (unpaired) electrons. The van der Waals surface area contributed by atoms with Crippen LogP contribution in [0.25, 0.3) is 0 Å². The van der Waals surface area contributed by atoms with Crippen molar-refractivity contribution >= 4 is 5.97 Å². The van der Waals surface area contributed by atoms with E-state index in [1.807, 2.05) is 36.4 Å².